The number of aromatic nitrogens is 6. The summed E-state index contributed by atoms with van der Waals surface area (Å²) in [4.78, 5) is 7.18. The van der Waals surface area contributed by atoms with Crippen LogP contribution in [0.5, 0.6) is 0 Å². The van der Waals surface area contributed by atoms with E-state index in [9.17, 15) is 0 Å². The number of hydrogen-bond donors (Lipinski definition) is 0. The minimum atomic E-state index is 0.732. The van der Waals surface area contributed by atoms with Crippen LogP contribution in [-0.2, 0) is 12.8 Å². The summed E-state index contributed by atoms with van der Waals surface area (Å²) in [7, 11) is 0. The van der Waals surface area contributed by atoms with Crippen molar-refractivity contribution in [1.82, 2.24) is 29.2 Å². The molecule has 0 saturated carbocycles. The molecular weight excluding hydrogens is 328 g/mol. The maximum absolute atomic E-state index is 4.50. The molecule has 0 radical (unpaired) electrons. The molecule has 0 atom stereocenters. The molecule has 23 heavy (non-hydrogen) atoms. The summed E-state index contributed by atoms with van der Waals surface area (Å²) in [6.07, 6.45) is 8.29. The van der Waals surface area contributed by atoms with Gasteiger partial charge in [-0.3, -0.25) is 0 Å². The van der Waals surface area contributed by atoms with Crippen LogP contribution in [0.15, 0.2) is 24.1 Å². The van der Waals surface area contributed by atoms with Gasteiger partial charge in [0.1, 0.15) is 11.2 Å². The van der Waals surface area contributed by atoms with Crippen molar-refractivity contribution in [2.45, 2.75) is 30.8 Å². The van der Waals surface area contributed by atoms with Crippen LogP contribution in [0.1, 0.15) is 23.3 Å². The van der Waals surface area contributed by atoms with E-state index in [0.29, 0.717) is 0 Å². The van der Waals surface area contributed by atoms with E-state index >= 15 is 0 Å². The van der Waals surface area contributed by atoms with E-state index in [0.717, 1.165) is 35.2 Å². The van der Waals surface area contributed by atoms with Gasteiger partial charge >= 0.3 is 0 Å². The topological polar surface area (TPSA) is 60.4 Å². The molecule has 0 fully saturated rings. The fourth-order valence-electron chi connectivity index (χ4n) is 3.30. The summed E-state index contributed by atoms with van der Waals surface area (Å²) in [5, 5.41) is 15.2. The zero-order chi connectivity index (χ0) is 15.4. The van der Waals surface area contributed by atoms with Crippen molar-refractivity contribution >= 4 is 44.7 Å². The van der Waals surface area contributed by atoms with E-state index in [-0.39, 0.29) is 0 Å². The van der Waals surface area contributed by atoms with E-state index in [1.165, 1.54) is 33.5 Å². The molecule has 0 N–H and O–H groups in total. The SMILES string of the molecule is C=CCSc1nnc2n3ncnc3c3c4c(sc3n12)CCCC4. The van der Waals surface area contributed by atoms with Crippen molar-refractivity contribution in [1.29, 1.82) is 0 Å². The largest absolute Gasteiger partial charge is 0.260 e. The lowest BCUT2D eigenvalue weighted by Crippen LogP contribution is -2.01. The number of nitrogens with zero attached hydrogens (tertiary/aromatic N) is 6. The van der Waals surface area contributed by atoms with Crippen LogP contribution in [0.25, 0.3) is 21.6 Å². The van der Waals surface area contributed by atoms with Crippen LogP contribution < -0.4 is 0 Å². The third-order valence-electron chi connectivity index (χ3n) is 4.26. The second-order valence-corrected chi connectivity index (χ2v) is 7.67. The molecule has 0 spiro atoms. The number of thiophene rings is 1. The van der Waals surface area contributed by atoms with E-state index in [2.05, 4.69) is 31.3 Å². The van der Waals surface area contributed by atoms with E-state index in [4.69, 9.17) is 0 Å². The standard InChI is InChI=1S/C15H14N6S2/c1-2-7-22-15-19-18-14-20(15)13-11(12-16-8-17-21(12)14)9-5-3-4-6-10(9)23-13/h2,8H,1,3-7H2. The number of fused-ring (bicyclic) bond motifs is 8. The highest BCUT2D eigenvalue weighted by Gasteiger charge is 2.24. The van der Waals surface area contributed by atoms with Gasteiger partial charge in [-0.05, 0) is 31.2 Å². The van der Waals surface area contributed by atoms with Gasteiger partial charge in [-0.2, -0.15) is 9.61 Å². The summed E-state index contributed by atoms with van der Waals surface area (Å²) in [5.41, 5.74) is 2.35. The third-order valence-corrected chi connectivity index (χ3v) is 6.46. The minimum absolute atomic E-state index is 0.732. The molecule has 6 nitrogen and oxygen atoms in total. The average molecular weight is 342 g/mol. The molecule has 116 valence electrons. The van der Waals surface area contributed by atoms with Gasteiger partial charge in [0.2, 0.25) is 0 Å². The van der Waals surface area contributed by atoms with Gasteiger partial charge in [-0.25, -0.2) is 9.38 Å². The number of hydrogen-bond acceptors (Lipinski definition) is 6. The van der Waals surface area contributed by atoms with Crippen molar-refractivity contribution in [2.75, 3.05) is 5.75 Å². The Bertz CT molecular complexity index is 1060. The Hall–Kier alpha value is -1.93. The van der Waals surface area contributed by atoms with Gasteiger partial charge < -0.3 is 0 Å². The number of thioether (sulfide) groups is 1. The summed E-state index contributed by atoms with van der Waals surface area (Å²) >= 11 is 3.51. The van der Waals surface area contributed by atoms with Gasteiger partial charge in [0.15, 0.2) is 10.8 Å². The second kappa shape index (κ2) is 5.04. The van der Waals surface area contributed by atoms with E-state index in [1.807, 2.05) is 21.9 Å². The van der Waals surface area contributed by atoms with Crippen molar-refractivity contribution in [2.24, 2.45) is 0 Å². The Morgan fingerprint density at radius 1 is 1.30 bits per heavy atom. The highest BCUT2D eigenvalue weighted by atomic mass is 32.2. The summed E-state index contributed by atoms with van der Waals surface area (Å²) in [5.74, 6) is 1.54. The van der Waals surface area contributed by atoms with Gasteiger partial charge in [-0.1, -0.05) is 17.8 Å². The predicted molar refractivity (Wildman–Crippen MR) is 92.5 cm³/mol. The molecule has 4 aromatic heterocycles. The number of aryl methyl sites for hydroxylation is 2. The van der Waals surface area contributed by atoms with Crippen molar-refractivity contribution in [3.8, 4) is 0 Å². The first-order chi connectivity index (χ1) is 11.4. The Kier molecular flexibility index (Phi) is 2.96. The van der Waals surface area contributed by atoms with Gasteiger partial charge in [0, 0.05) is 10.6 Å². The van der Waals surface area contributed by atoms with Gasteiger partial charge in [0.25, 0.3) is 5.78 Å². The summed E-state index contributed by atoms with van der Waals surface area (Å²) in [6, 6.07) is 0. The molecule has 1 aliphatic carbocycles. The number of rotatable bonds is 3. The van der Waals surface area contributed by atoms with Gasteiger partial charge in [0.05, 0.1) is 5.39 Å². The lowest BCUT2D eigenvalue weighted by molar-refractivity contribution is 0.700. The zero-order valence-electron chi connectivity index (χ0n) is 12.4. The fourth-order valence-corrected chi connectivity index (χ4v) is 5.41. The first-order valence-electron chi connectivity index (χ1n) is 7.63. The summed E-state index contributed by atoms with van der Waals surface area (Å²) < 4.78 is 3.95. The Balaban J connectivity index is 1.95. The normalized spacial score (nSPS) is 14.8. The first kappa shape index (κ1) is 13.5. The van der Waals surface area contributed by atoms with E-state index < -0.39 is 0 Å². The van der Waals surface area contributed by atoms with Crippen LogP contribution in [-0.4, -0.2) is 34.9 Å². The summed E-state index contributed by atoms with van der Waals surface area (Å²) in [6.45, 7) is 3.79. The molecule has 0 saturated heterocycles. The second-order valence-electron chi connectivity index (χ2n) is 5.60. The molecule has 0 aromatic carbocycles. The Morgan fingerprint density at radius 2 is 2.22 bits per heavy atom. The molecule has 0 unspecified atom stereocenters. The lowest BCUT2D eigenvalue weighted by atomic mass is 9.97. The van der Waals surface area contributed by atoms with Crippen LogP contribution in [0.2, 0.25) is 0 Å². The molecule has 0 bridgehead atoms. The average Bonchev–Trinajstić information content (AvgIpc) is 3.27. The van der Waals surface area contributed by atoms with Crippen molar-refractivity contribution in [3.63, 3.8) is 0 Å². The molecule has 5 rings (SSSR count). The molecule has 4 heterocycles. The maximum Gasteiger partial charge on any atom is 0.260 e. The molecular formula is C15H14N6S2. The van der Waals surface area contributed by atoms with Crippen molar-refractivity contribution < 1.29 is 0 Å². The molecule has 0 amide bonds. The Morgan fingerprint density at radius 3 is 3.13 bits per heavy atom. The molecule has 0 aliphatic heterocycles. The van der Waals surface area contributed by atoms with E-state index in [1.54, 1.807) is 18.1 Å². The minimum Gasteiger partial charge on any atom is -0.244 e. The molecule has 1 aliphatic rings. The lowest BCUT2D eigenvalue weighted by Gasteiger charge is -2.10. The molecule has 4 aromatic rings. The highest BCUT2D eigenvalue weighted by Crippen LogP contribution is 2.39. The van der Waals surface area contributed by atoms with Gasteiger partial charge in [-0.15, -0.1) is 28.1 Å². The predicted octanol–water partition coefficient (Wildman–Crippen LogP) is 3.14. The molecule has 8 heteroatoms. The third kappa shape index (κ3) is 1.82. The first-order valence-corrected chi connectivity index (χ1v) is 9.43. The van der Waals surface area contributed by atoms with Crippen LogP contribution in [0, 0.1) is 0 Å². The smallest absolute Gasteiger partial charge is 0.244 e. The Labute approximate surface area is 140 Å². The monoisotopic (exact) mass is 342 g/mol. The van der Waals surface area contributed by atoms with Crippen molar-refractivity contribution in [3.05, 3.63) is 29.4 Å². The quantitative estimate of drug-likeness (QED) is 0.423. The maximum atomic E-state index is 4.50. The van der Waals surface area contributed by atoms with Crippen LogP contribution in [0.3, 0.4) is 0 Å². The van der Waals surface area contributed by atoms with Crippen LogP contribution >= 0.6 is 23.1 Å². The highest BCUT2D eigenvalue weighted by molar-refractivity contribution is 7.99. The zero-order valence-corrected chi connectivity index (χ0v) is 14.0. The van der Waals surface area contributed by atoms with Crippen LogP contribution in [0.4, 0.5) is 0 Å². The fraction of sp³-hybridized carbons (Fsp3) is 0.333.